The monoisotopic (exact) mass is 206 g/mol. The summed E-state index contributed by atoms with van der Waals surface area (Å²) >= 11 is 0. The summed E-state index contributed by atoms with van der Waals surface area (Å²) in [6.07, 6.45) is 3.57. The molecule has 1 aromatic rings. The van der Waals surface area contributed by atoms with Gasteiger partial charge in [0, 0.05) is 11.6 Å². The number of rotatable bonds is 5. The fraction of sp³-hybridized carbons (Fsp3) is 0.250. The summed E-state index contributed by atoms with van der Waals surface area (Å²) in [5.41, 5.74) is 0.786. The Morgan fingerprint density at radius 3 is 2.87 bits per heavy atom. The van der Waals surface area contributed by atoms with Crippen LogP contribution < -0.4 is 4.74 Å². The van der Waals surface area contributed by atoms with E-state index in [1.807, 2.05) is 31.2 Å². The first-order valence-corrected chi connectivity index (χ1v) is 4.87. The Morgan fingerprint density at radius 1 is 1.47 bits per heavy atom. The van der Waals surface area contributed by atoms with Gasteiger partial charge < -0.3 is 9.84 Å². The molecule has 0 radical (unpaired) electrons. The van der Waals surface area contributed by atoms with Crippen molar-refractivity contribution in [3.8, 4) is 5.75 Å². The maximum atomic E-state index is 10.4. The molecule has 3 nitrogen and oxygen atoms in total. The van der Waals surface area contributed by atoms with Gasteiger partial charge in [-0.1, -0.05) is 25.1 Å². The second-order valence-corrected chi connectivity index (χ2v) is 3.06. The van der Waals surface area contributed by atoms with E-state index >= 15 is 0 Å². The predicted molar refractivity (Wildman–Crippen MR) is 58.9 cm³/mol. The zero-order chi connectivity index (χ0) is 11.1. The molecule has 0 heterocycles. The van der Waals surface area contributed by atoms with Crippen LogP contribution in [-0.4, -0.2) is 17.7 Å². The van der Waals surface area contributed by atoms with E-state index in [9.17, 15) is 4.79 Å². The van der Waals surface area contributed by atoms with E-state index in [2.05, 4.69) is 0 Å². The Bertz CT molecular complexity index is 356. The lowest BCUT2D eigenvalue weighted by molar-refractivity contribution is -0.131. The van der Waals surface area contributed by atoms with Gasteiger partial charge in [-0.2, -0.15) is 0 Å². The second-order valence-electron chi connectivity index (χ2n) is 3.06. The number of para-hydroxylation sites is 1. The van der Waals surface area contributed by atoms with Crippen molar-refractivity contribution in [3.63, 3.8) is 0 Å². The minimum absolute atomic E-state index is 0.637. The highest BCUT2D eigenvalue weighted by atomic mass is 16.5. The summed E-state index contributed by atoms with van der Waals surface area (Å²) in [6.45, 7) is 2.66. The van der Waals surface area contributed by atoms with Gasteiger partial charge in [0.2, 0.25) is 0 Å². The van der Waals surface area contributed by atoms with Crippen LogP contribution in [0, 0.1) is 0 Å². The lowest BCUT2D eigenvalue weighted by Crippen LogP contribution is -1.96. The molecular formula is C12H14O3. The zero-order valence-electron chi connectivity index (χ0n) is 8.64. The molecule has 0 atom stereocenters. The van der Waals surface area contributed by atoms with Crippen molar-refractivity contribution in [1.82, 2.24) is 0 Å². The van der Waals surface area contributed by atoms with Crippen molar-refractivity contribution >= 4 is 12.0 Å². The first-order valence-electron chi connectivity index (χ1n) is 4.87. The molecule has 1 N–H and O–H groups in total. The Balaban J connectivity index is 2.81. The molecule has 0 aromatic heterocycles. The van der Waals surface area contributed by atoms with Gasteiger partial charge >= 0.3 is 5.97 Å². The summed E-state index contributed by atoms with van der Waals surface area (Å²) in [4.78, 5) is 10.4. The van der Waals surface area contributed by atoms with Gasteiger partial charge in [0.15, 0.2) is 0 Å². The first-order chi connectivity index (χ1) is 7.24. The number of ether oxygens (including phenoxy) is 1. The molecule has 15 heavy (non-hydrogen) atoms. The van der Waals surface area contributed by atoms with Gasteiger partial charge in [-0.05, 0) is 18.6 Å². The largest absolute Gasteiger partial charge is 0.493 e. The van der Waals surface area contributed by atoms with E-state index in [-0.39, 0.29) is 0 Å². The van der Waals surface area contributed by atoms with E-state index in [0.717, 1.165) is 23.8 Å². The Hall–Kier alpha value is -1.77. The number of hydrogen-bond acceptors (Lipinski definition) is 2. The van der Waals surface area contributed by atoms with E-state index in [1.54, 1.807) is 0 Å². The fourth-order valence-electron chi connectivity index (χ4n) is 1.12. The molecule has 0 amide bonds. The third kappa shape index (κ3) is 3.85. The highest BCUT2D eigenvalue weighted by Gasteiger charge is 1.99. The van der Waals surface area contributed by atoms with Crippen molar-refractivity contribution in [2.45, 2.75) is 13.3 Å². The van der Waals surface area contributed by atoms with Crippen molar-refractivity contribution in [2.24, 2.45) is 0 Å². The van der Waals surface area contributed by atoms with Crippen LogP contribution in [0.2, 0.25) is 0 Å². The summed E-state index contributed by atoms with van der Waals surface area (Å²) in [7, 11) is 0. The van der Waals surface area contributed by atoms with Crippen LogP contribution in [0.4, 0.5) is 0 Å². The molecule has 0 aliphatic rings. The molecule has 80 valence electrons. The van der Waals surface area contributed by atoms with Crippen LogP contribution in [0.15, 0.2) is 30.3 Å². The smallest absolute Gasteiger partial charge is 0.328 e. The molecule has 3 heteroatoms. The predicted octanol–water partition coefficient (Wildman–Crippen LogP) is 2.57. The maximum absolute atomic E-state index is 10.4. The van der Waals surface area contributed by atoms with Crippen molar-refractivity contribution in [1.29, 1.82) is 0 Å². The van der Waals surface area contributed by atoms with Gasteiger partial charge in [0.1, 0.15) is 5.75 Å². The highest BCUT2D eigenvalue weighted by Crippen LogP contribution is 2.19. The van der Waals surface area contributed by atoms with Crippen LogP contribution in [0.3, 0.4) is 0 Å². The molecule has 1 rings (SSSR count). The van der Waals surface area contributed by atoms with Crippen LogP contribution in [0.5, 0.6) is 5.75 Å². The average molecular weight is 206 g/mol. The Kier molecular flexibility index (Phi) is 4.41. The number of hydrogen-bond donors (Lipinski definition) is 1. The van der Waals surface area contributed by atoms with Gasteiger partial charge in [-0.3, -0.25) is 0 Å². The molecule has 0 aliphatic carbocycles. The molecule has 0 saturated heterocycles. The molecule has 0 aliphatic heterocycles. The Labute approximate surface area is 89.0 Å². The lowest BCUT2D eigenvalue weighted by atomic mass is 10.2. The highest BCUT2D eigenvalue weighted by molar-refractivity contribution is 5.85. The number of carbonyl (C=O) groups is 1. The minimum Gasteiger partial charge on any atom is -0.493 e. The quantitative estimate of drug-likeness (QED) is 0.753. The third-order valence-corrected chi connectivity index (χ3v) is 1.79. The topological polar surface area (TPSA) is 46.5 Å². The molecule has 0 fully saturated rings. The number of aliphatic carboxylic acids is 1. The molecule has 1 aromatic carbocycles. The summed E-state index contributed by atoms with van der Waals surface area (Å²) < 4.78 is 5.47. The van der Waals surface area contributed by atoms with Gasteiger partial charge in [-0.25, -0.2) is 4.79 Å². The van der Waals surface area contributed by atoms with Crippen LogP contribution in [-0.2, 0) is 4.79 Å². The molecule has 0 saturated carbocycles. The lowest BCUT2D eigenvalue weighted by Gasteiger charge is -2.07. The fourth-order valence-corrected chi connectivity index (χ4v) is 1.12. The van der Waals surface area contributed by atoms with Crippen molar-refractivity contribution in [2.75, 3.05) is 6.61 Å². The number of benzene rings is 1. The summed E-state index contributed by atoms with van der Waals surface area (Å²) in [6, 6.07) is 7.37. The number of carboxylic acid groups (broad SMARTS) is 1. The van der Waals surface area contributed by atoms with Gasteiger partial charge in [0.05, 0.1) is 6.61 Å². The average Bonchev–Trinajstić information content (AvgIpc) is 2.24. The molecule has 0 spiro atoms. The maximum Gasteiger partial charge on any atom is 0.328 e. The van der Waals surface area contributed by atoms with Gasteiger partial charge in [0.25, 0.3) is 0 Å². The zero-order valence-corrected chi connectivity index (χ0v) is 8.64. The number of carboxylic acids is 1. The molecular weight excluding hydrogens is 192 g/mol. The van der Waals surface area contributed by atoms with Crippen LogP contribution >= 0.6 is 0 Å². The van der Waals surface area contributed by atoms with Gasteiger partial charge in [-0.15, -0.1) is 0 Å². The first kappa shape index (κ1) is 11.3. The third-order valence-electron chi connectivity index (χ3n) is 1.79. The van der Waals surface area contributed by atoms with Crippen molar-refractivity contribution in [3.05, 3.63) is 35.9 Å². The Morgan fingerprint density at radius 2 is 2.20 bits per heavy atom. The van der Waals surface area contributed by atoms with E-state index < -0.39 is 5.97 Å². The molecule has 0 unspecified atom stereocenters. The summed E-state index contributed by atoms with van der Waals surface area (Å²) in [5.74, 6) is -0.239. The van der Waals surface area contributed by atoms with Crippen LogP contribution in [0.25, 0.3) is 6.08 Å². The summed E-state index contributed by atoms with van der Waals surface area (Å²) in [5, 5.41) is 8.51. The van der Waals surface area contributed by atoms with Crippen molar-refractivity contribution < 1.29 is 14.6 Å². The molecule has 0 bridgehead atoms. The van der Waals surface area contributed by atoms with E-state index in [0.29, 0.717) is 6.61 Å². The van der Waals surface area contributed by atoms with Crippen LogP contribution in [0.1, 0.15) is 18.9 Å². The second kappa shape index (κ2) is 5.86. The SMILES string of the molecule is CCCOc1ccccc1C=CC(=O)O. The normalized spacial score (nSPS) is 10.5. The standard InChI is InChI=1S/C12H14O3/c1-2-9-15-11-6-4-3-5-10(11)7-8-12(13)14/h3-8H,2,9H2,1H3,(H,13,14). The van der Waals surface area contributed by atoms with E-state index in [1.165, 1.54) is 6.08 Å². The minimum atomic E-state index is -0.958. The van der Waals surface area contributed by atoms with E-state index in [4.69, 9.17) is 9.84 Å².